The molecule has 0 amide bonds. The summed E-state index contributed by atoms with van der Waals surface area (Å²) in [5.41, 5.74) is 1.06. The third kappa shape index (κ3) is 3.29. The quantitative estimate of drug-likeness (QED) is 0.672. The summed E-state index contributed by atoms with van der Waals surface area (Å²) in [7, 11) is 0. The van der Waals surface area contributed by atoms with Gasteiger partial charge >= 0.3 is 0 Å². The van der Waals surface area contributed by atoms with Gasteiger partial charge in [-0.15, -0.1) is 23.2 Å². The first-order valence-electron chi connectivity index (χ1n) is 9.87. The predicted molar refractivity (Wildman–Crippen MR) is 116 cm³/mol. The highest BCUT2D eigenvalue weighted by molar-refractivity contribution is 6.18. The number of carbonyl (C=O) groups is 1. The molecule has 0 aliphatic carbocycles. The first kappa shape index (κ1) is 19.9. The van der Waals surface area contributed by atoms with Gasteiger partial charge < -0.3 is 0 Å². The summed E-state index contributed by atoms with van der Waals surface area (Å²) < 4.78 is 0. The van der Waals surface area contributed by atoms with Gasteiger partial charge in [-0.25, -0.2) is 0 Å². The molecule has 0 unspecified atom stereocenters. The number of ketones is 1. The third-order valence-electron chi connectivity index (χ3n) is 6.30. The van der Waals surface area contributed by atoms with Crippen molar-refractivity contribution in [2.24, 2.45) is 0 Å². The van der Waals surface area contributed by atoms with E-state index in [4.69, 9.17) is 23.2 Å². The third-order valence-corrected chi connectivity index (χ3v) is 6.64. The van der Waals surface area contributed by atoms with Crippen molar-refractivity contribution in [1.29, 1.82) is 0 Å². The van der Waals surface area contributed by atoms with Crippen LogP contribution in [0.1, 0.15) is 11.1 Å². The summed E-state index contributed by atoms with van der Waals surface area (Å²) in [6, 6.07) is 20.5. The van der Waals surface area contributed by atoms with E-state index in [0.29, 0.717) is 43.7 Å². The van der Waals surface area contributed by atoms with Crippen LogP contribution >= 0.6 is 23.2 Å². The number of benzene rings is 2. The van der Waals surface area contributed by atoms with Gasteiger partial charge in [-0.05, 0) is 11.1 Å². The lowest BCUT2D eigenvalue weighted by atomic mass is 9.57. The summed E-state index contributed by atoms with van der Waals surface area (Å²) in [5.74, 6) is 1.47. The molecule has 2 aliphatic heterocycles. The van der Waals surface area contributed by atoms with Crippen LogP contribution in [0, 0.1) is 0 Å². The molecule has 0 spiro atoms. The number of likely N-dealkylation sites (tertiary alicyclic amines) is 2. The zero-order valence-electron chi connectivity index (χ0n) is 16.0. The Hall–Kier alpha value is -1.39. The van der Waals surface area contributed by atoms with Crippen LogP contribution in [0.5, 0.6) is 0 Å². The lowest BCUT2D eigenvalue weighted by Gasteiger charge is -2.57. The number of fused-ring (bicyclic) bond motifs is 2. The number of halogens is 2. The molecule has 4 rings (SSSR count). The van der Waals surface area contributed by atoms with Crippen LogP contribution in [0.4, 0.5) is 0 Å². The fourth-order valence-corrected chi connectivity index (χ4v) is 5.66. The van der Waals surface area contributed by atoms with Crippen molar-refractivity contribution in [2.45, 2.75) is 10.8 Å². The minimum Gasteiger partial charge on any atom is -0.299 e. The SMILES string of the molecule is O=C1C2(c3ccccc3)CN(CCCl)CC1(c1ccccc1)CN(CCCl)C2. The second-order valence-corrected chi connectivity index (χ2v) is 8.78. The fraction of sp³-hybridized carbons (Fsp3) is 0.435. The van der Waals surface area contributed by atoms with E-state index in [9.17, 15) is 4.79 Å². The maximum atomic E-state index is 14.2. The van der Waals surface area contributed by atoms with Crippen LogP contribution in [0.2, 0.25) is 0 Å². The van der Waals surface area contributed by atoms with Crippen LogP contribution in [0.25, 0.3) is 0 Å². The van der Waals surface area contributed by atoms with Gasteiger partial charge in [-0.2, -0.15) is 0 Å². The van der Waals surface area contributed by atoms with Crippen molar-refractivity contribution < 1.29 is 4.79 Å². The lowest BCUT2D eigenvalue weighted by molar-refractivity contribution is -0.144. The average Bonchev–Trinajstić information content (AvgIpc) is 2.71. The number of hydrogen-bond acceptors (Lipinski definition) is 3. The smallest absolute Gasteiger partial charge is 0.159 e. The second kappa shape index (κ2) is 8.16. The molecular weight excluding hydrogens is 391 g/mol. The van der Waals surface area contributed by atoms with Crippen molar-refractivity contribution in [3.63, 3.8) is 0 Å². The molecule has 0 atom stereocenters. The molecule has 0 aromatic heterocycles. The molecule has 2 heterocycles. The van der Waals surface area contributed by atoms with Gasteiger partial charge in [-0.1, -0.05) is 60.7 Å². The van der Waals surface area contributed by atoms with E-state index in [-0.39, 0.29) is 0 Å². The number of hydrogen-bond donors (Lipinski definition) is 0. The fourth-order valence-electron chi connectivity index (χ4n) is 5.18. The Morgan fingerprint density at radius 2 is 1.04 bits per heavy atom. The summed E-state index contributed by atoms with van der Waals surface area (Å²) in [6.45, 7) is 4.39. The topological polar surface area (TPSA) is 23.6 Å². The summed E-state index contributed by atoms with van der Waals surface area (Å²) in [4.78, 5) is 19.0. The standard InChI is InChI=1S/C23H26Cl2N2O/c24-11-13-26-15-22(19-7-3-1-4-8-19)16-27(14-12-25)18-23(17-26,21(22)28)20-9-5-2-6-10-20/h1-10H,11-18H2. The largest absolute Gasteiger partial charge is 0.299 e. The molecule has 0 N–H and O–H groups in total. The highest BCUT2D eigenvalue weighted by Gasteiger charge is 2.61. The Morgan fingerprint density at radius 1 is 0.679 bits per heavy atom. The first-order valence-corrected chi connectivity index (χ1v) is 10.9. The molecule has 148 valence electrons. The normalized spacial score (nSPS) is 28.4. The number of carbonyl (C=O) groups excluding carboxylic acids is 1. The van der Waals surface area contributed by atoms with Gasteiger partial charge in [0.15, 0.2) is 5.78 Å². The molecule has 0 saturated carbocycles. The molecule has 2 fully saturated rings. The van der Waals surface area contributed by atoms with Crippen molar-refractivity contribution in [2.75, 3.05) is 51.0 Å². The van der Waals surface area contributed by atoms with E-state index < -0.39 is 10.8 Å². The Morgan fingerprint density at radius 3 is 1.36 bits per heavy atom. The molecule has 2 aliphatic rings. The Balaban J connectivity index is 1.89. The maximum Gasteiger partial charge on any atom is 0.159 e. The minimum absolute atomic E-state index is 0.342. The molecule has 2 aromatic rings. The molecular formula is C23H26Cl2N2O. The highest BCUT2D eigenvalue weighted by atomic mass is 35.5. The Labute approximate surface area is 177 Å². The minimum atomic E-state index is -0.564. The van der Waals surface area contributed by atoms with Crippen LogP contribution in [-0.2, 0) is 15.6 Å². The molecule has 0 radical (unpaired) electrons. The number of nitrogens with zero attached hydrogens (tertiary/aromatic N) is 2. The van der Waals surface area contributed by atoms with Crippen molar-refractivity contribution in [3.8, 4) is 0 Å². The van der Waals surface area contributed by atoms with Crippen molar-refractivity contribution in [3.05, 3.63) is 71.8 Å². The first-order chi connectivity index (χ1) is 13.6. The Kier molecular flexibility index (Phi) is 5.80. The van der Waals surface area contributed by atoms with E-state index in [1.165, 1.54) is 0 Å². The molecule has 5 heteroatoms. The molecule has 2 saturated heterocycles. The molecule has 2 aromatic carbocycles. The summed E-state index contributed by atoms with van der Waals surface area (Å²) in [6.07, 6.45) is 0. The number of rotatable bonds is 6. The monoisotopic (exact) mass is 416 g/mol. The van der Waals surface area contributed by atoms with Crippen molar-refractivity contribution >= 4 is 29.0 Å². The van der Waals surface area contributed by atoms with Crippen LogP contribution < -0.4 is 0 Å². The van der Waals surface area contributed by atoms with Crippen LogP contribution in [0.15, 0.2) is 60.7 Å². The van der Waals surface area contributed by atoms with E-state index in [1.54, 1.807) is 0 Å². The number of Topliss-reactive ketones (excluding diaryl/α,β-unsaturated/α-hetero) is 1. The van der Waals surface area contributed by atoms with E-state index in [1.807, 2.05) is 36.4 Å². The predicted octanol–water partition coefficient (Wildman–Crippen LogP) is 3.54. The van der Waals surface area contributed by atoms with Gasteiger partial charge in [0, 0.05) is 51.0 Å². The lowest BCUT2D eigenvalue weighted by Crippen LogP contribution is -2.73. The van der Waals surface area contributed by atoms with Crippen molar-refractivity contribution in [1.82, 2.24) is 9.80 Å². The Bertz CT molecular complexity index is 732. The van der Waals surface area contributed by atoms with E-state index in [0.717, 1.165) is 24.2 Å². The van der Waals surface area contributed by atoms with Crippen LogP contribution in [0.3, 0.4) is 0 Å². The summed E-state index contributed by atoms with van der Waals surface area (Å²) >= 11 is 12.3. The second-order valence-electron chi connectivity index (χ2n) is 8.02. The molecule has 2 bridgehead atoms. The zero-order valence-corrected chi connectivity index (χ0v) is 17.5. The van der Waals surface area contributed by atoms with Crippen LogP contribution in [-0.4, -0.2) is 66.6 Å². The zero-order chi connectivity index (χ0) is 19.6. The summed E-state index contributed by atoms with van der Waals surface area (Å²) in [5, 5.41) is 0. The van der Waals surface area contributed by atoms with Gasteiger partial charge in [-0.3, -0.25) is 14.6 Å². The maximum absolute atomic E-state index is 14.2. The highest BCUT2D eigenvalue weighted by Crippen LogP contribution is 2.46. The van der Waals surface area contributed by atoms with E-state index in [2.05, 4.69) is 34.1 Å². The van der Waals surface area contributed by atoms with Gasteiger partial charge in [0.2, 0.25) is 0 Å². The average molecular weight is 417 g/mol. The van der Waals surface area contributed by atoms with Gasteiger partial charge in [0.05, 0.1) is 10.8 Å². The molecule has 28 heavy (non-hydrogen) atoms. The van der Waals surface area contributed by atoms with E-state index >= 15 is 0 Å². The molecule has 3 nitrogen and oxygen atoms in total. The van der Waals surface area contributed by atoms with Gasteiger partial charge in [0.1, 0.15) is 0 Å². The number of alkyl halides is 2. The number of piperidine rings is 2. The van der Waals surface area contributed by atoms with Gasteiger partial charge in [0.25, 0.3) is 0 Å².